The van der Waals surface area contributed by atoms with Crippen molar-refractivity contribution in [3.8, 4) is 0 Å². The van der Waals surface area contributed by atoms with Crippen molar-refractivity contribution >= 4 is 33.2 Å². The molecule has 0 aliphatic rings. The summed E-state index contributed by atoms with van der Waals surface area (Å²) < 4.78 is 1.86. The highest BCUT2D eigenvalue weighted by Gasteiger charge is 2.13. The summed E-state index contributed by atoms with van der Waals surface area (Å²) >= 11 is 4.48. The Morgan fingerprint density at radius 1 is 1.63 bits per heavy atom. The Morgan fingerprint density at radius 3 is 3.05 bits per heavy atom. The van der Waals surface area contributed by atoms with Crippen LogP contribution in [0, 0.1) is 6.92 Å². The number of carbonyl (C=O) groups excluding carboxylic acids is 1. The fraction of sp³-hybridized carbons (Fsp3) is 0.182. The molecule has 6 nitrogen and oxygen atoms in total. The topological polar surface area (TPSA) is 90.0 Å². The van der Waals surface area contributed by atoms with Crippen molar-refractivity contribution in [1.29, 1.82) is 0 Å². The number of nitrogen functional groups attached to an aromatic ring is 1. The maximum Gasteiger partial charge on any atom is 0.275 e. The van der Waals surface area contributed by atoms with Crippen LogP contribution >= 0.6 is 27.3 Å². The summed E-state index contributed by atoms with van der Waals surface area (Å²) in [5.41, 5.74) is 3.27. The fourth-order valence-corrected chi connectivity index (χ4v) is 2.72. The van der Waals surface area contributed by atoms with E-state index in [9.17, 15) is 9.59 Å². The van der Waals surface area contributed by atoms with Gasteiger partial charge in [-0.3, -0.25) is 19.6 Å². The Kier molecular flexibility index (Phi) is 4.13. The zero-order chi connectivity index (χ0) is 14.0. The zero-order valence-electron chi connectivity index (χ0n) is 10.0. The van der Waals surface area contributed by atoms with Crippen LogP contribution in [0.5, 0.6) is 0 Å². The van der Waals surface area contributed by atoms with Gasteiger partial charge in [-0.15, -0.1) is 11.3 Å². The molecule has 0 saturated heterocycles. The minimum absolute atomic E-state index is 0.183. The van der Waals surface area contributed by atoms with E-state index >= 15 is 0 Å². The molecular weight excluding hydrogens is 332 g/mol. The van der Waals surface area contributed by atoms with Crippen LogP contribution < -0.4 is 16.8 Å². The number of nitrogens with two attached hydrogens (primary N) is 1. The summed E-state index contributed by atoms with van der Waals surface area (Å²) in [6, 6.07) is 1.79. The summed E-state index contributed by atoms with van der Waals surface area (Å²) in [5.74, 6) is 4.75. The number of aromatic nitrogens is 2. The van der Waals surface area contributed by atoms with Gasteiger partial charge in [-0.05, 0) is 39.9 Å². The highest BCUT2D eigenvalue weighted by molar-refractivity contribution is 9.10. The first-order chi connectivity index (χ1) is 9.04. The molecule has 100 valence electrons. The lowest BCUT2D eigenvalue weighted by Crippen LogP contribution is -2.30. The van der Waals surface area contributed by atoms with E-state index in [1.54, 1.807) is 18.4 Å². The van der Waals surface area contributed by atoms with Gasteiger partial charge in [-0.1, -0.05) is 0 Å². The molecule has 2 rings (SSSR count). The van der Waals surface area contributed by atoms with E-state index in [0.29, 0.717) is 15.0 Å². The van der Waals surface area contributed by atoms with Crippen LogP contribution in [-0.2, 0) is 6.54 Å². The Labute approximate surface area is 121 Å². The standard InChI is InChI=1S/C11H11BrN4O2S/c1-6-8(12)11(18)16(5-14-6)4-7-2-3-19-9(7)10(17)15-13/h2-3,5H,4,13H2,1H3,(H,15,17). The van der Waals surface area contributed by atoms with Crippen LogP contribution in [-0.4, -0.2) is 15.5 Å². The summed E-state index contributed by atoms with van der Waals surface area (Å²) in [6.07, 6.45) is 1.46. The first kappa shape index (κ1) is 13.9. The molecule has 0 atom stereocenters. The lowest BCUT2D eigenvalue weighted by molar-refractivity contribution is 0.0956. The molecule has 2 heterocycles. The third-order valence-corrected chi connectivity index (χ3v) is 4.45. The van der Waals surface area contributed by atoms with Crippen molar-refractivity contribution in [1.82, 2.24) is 15.0 Å². The second-order valence-electron chi connectivity index (χ2n) is 3.83. The van der Waals surface area contributed by atoms with Gasteiger partial charge in [0.25, 0.3) is 11.5 Å². The number of nitrogens with zero attached hydrogens (tertiary/aromatic N) is 2. The predicted molar refractivity (Wildman–Crippen MR) is 76.0 cm³/mol. The van der Waals surface area contributed by atoms with E-state index in [0.717, 1.165) is 5.56 Å². The molecule has 0 bridgehead atoms. The van der Waals surface area contributed by atoms with Gasteiger partial charge in [0.2, 0.25) is 0 Å². The fourth-order valence-electron chi connectivity index (χ4n) is 1.57. The Hall–Kier alpha value is -1.51. The van der Waals surface area contributed by atoms with E-state index in [2.05, 4.69) is 26.3 Å². The van der Waals surface area contributed by atoms with Crippen LogP contribution in [0.1, 0.15) is 20.9 Å². The number of nitrogens with one attached hydrogen (secondary N) is 1. The maximum absolute atomic E-state index is 12.0. The maximum atomic E-state index is 12.0. The molecule has 0 aliphatic heterocycles. The highest BCUT2D eigenvalue weighted by atomic mass is 79.9. The van der Waals surface area contributed by atoms with Gasteiger partial charge in [0.05, 0.1) is 23.4 Å². The Bertz CT molecular complexity index is 680. The van der Waals surface area contributed by atoms with Gasteiger partial charge >= 0.3 is 0 Å². The van der Waals surface area contributed by atoms with Crippen LogP contribution in [0.2, 0.25) is 0 Å². The second kappa shape index (κ2) is 5.64. The molecular formula is C11H11BrN4O2S. The van der Waals surface area contributed by atoms with Crippen LogP contribution in [0.15, 0.2) is 27.0 Å². The molecule has 0 saturated carbocycles. The number of hydrazine groups is 1. The summed E-state index contributed by atoms with van der Waals surface area (Å²) in [4.78, 5) is 28.2. The molecule has 3 N–H and O–H groups in total. The van der Waals surface area contributed by atoms with Crippen LogP contribution in [0.4, 0.5) is 0 Å². The third kappa shape index (κ3) is 2.75. The van der Waals surface area contributed by atoms with Crippen molar-refractivity contribution < 1.29 is 4.79 Å². The van der Waals surface area contributed by atoms with Crippen molar-refractivity contribution in [2.24, 2.45) is 5.84 Å². The van der Waals surface area contributed by atoms with E-state index in [1.807, 2.05) is 0 Å². The van der Waals surface area contributed by atoms with Gasteiger partial charge in [0.15, 0.2) is 0 Å². The highest BCUT2D eigenvalue weighted by Crippen LogP contribution is 2.17. The molecule has 0 aliphatic carbocycles. The monoisotopic (exact) mass is 342 g/mol. The number of rotatable bonds is 3. The normalized spacial score (nSPS) is 10.5. The smallest absolute Gasteiger partial charge is 0.275 e. The van der Waals surface area contributed by atoms with Crippen molar-refractivity contribution in [3.63, 3.8) is 0 Å². The molecule has 19 heavy (non-hydrogen) atoms. The number of halogens is 1. The number of thiophene rings is 1. The Morgan fingerprint density at radius 2 is 2.37 bits per heavy atom. The minimum atomic E-state index is -0.364. The molecule has 2 aromatic heterocycles. The van der Waals surface area contributed by atoms with Crippen LogP contribution in [0.25, 0.3) is 0 Å². The summed E-state index contributed by atoms with van der Waals surface area (Å²) in [6.45, 7) is 2.02. The van der Waals surface area contributed by atoms with Gasteiger partial charge in [0, 0.05) is 0 Å². The Balaban J connectivity index is 2.38. The number of hydrogen-bond acceptors (Lipinski definition) is 5. The number of hydrogen-bond donors (Lipinski definition) is 2. The van der Waals surface area contributed by atoms with Crippen molar-refractivity contribution in [2.45, 2.75) is 13.5 Å². The van der Waals surface area contributed by atoms with Gasteiger partial charge in [-0.25, -0.2) is 10.8 Å². The number of aryl methyl sites for hydroxylation is 1. The molecule has 0 aromatic carbocycles. The van der Waals surface area contributed by atoms with E-state index in [-0.39, 0.29) is 18.0 Å². The first-order valence-corrected chi connectivity index (χ1v) is 7.00. The lowest BCUT2D eigenvalue weighted by Gasteiger charge is -2.07. The van der Waals surface area contributed by atoms with Crippen molar-refractivity contribution in [2.75, 3.05) is 0 Å². The molecule has 1 amide bonds. The van der Waals surface area contributed by atoms with E-state index < -0.39 is 0 Å². The molecule has 0 unspecified atom stereocenters. The van der Waals surface area contributed by atoms with Gasteiger partial charge in [-0.2, -0.15) is 0 Å². The number of amides is 1. The average Bonchev–Trinajstić information content (AvgIpc) is 2.87. The minimum Gasteiger partial charge on any atom is -0.294 e. The van der Waals surface area contributed by atoms with Crippen molar-refractivity contribution in [3.05, 3.63) is 48.7 Å². The second-order valence-corrected chi connectivity index (χ2v) is 5.53. The van der Waals surface area contributed by atoms with E-state index in [4.69, 9.17) is 5.84 Å². The average molecular weight is 343 g/mol. The first-order valence-electron chi connectivity index (χ1n) is 5.33. The number of carbonyl (C=O) groups is 1. The van der Waals surface area contributed by atoms with Gasteiger partial charge in [0.1, 0.15) is 4.47 Å². The van der Waals surface area contributed by atoms with Crippen LogP contribution in [0.3, 0.4) is 0 Å². The molecule has 2 aromatic rings. The molecule has 0 fully saturated rings. The SMILES string of the molecule is Cc1ncn(Cc2ccsc2C(=O)NN)c(=O)c1Br. The summed E-state index contributed by atoms with van der Waals surface area (Å²) in [5, 5.41) is 1.78. The molecule has 0 radical (unpaired) electrons. The predicted octanol–water partition coefficient (Wildman–Crippen LogP) is 1.03. The third-order valence-electron chi connectivity index (χ3n) is 2.58. The molecule has 0 spiro atoms. The van der Waals surface area contributed by atoms with Gasteiger partial charge < -0.3 is 0 Å². The largest absolute Gasteiger partial charge is 0.294 e. The molecule has 8 heteroatoms. The van der Waals surface area contributed by atoms with E-state index in [1.165, 1.54) is 22.2 Å². The zero-order valence-corrected chi connectivity index (χ0v) is 12.4. The lowest BCUT2D eigenvalue weighted by atomic mass is 10.2. The summed E-state index contributed by atoms with van der Waals surface area (Å²) in [7, 11) is 0. The quantitative estimate of drug-likeness (QED) is 0.495.